The molecule has 1 heterocycles. The topological polar surface area (TPSA) is 38.0 Å². The van der Waals surface area contributed by atoms with Crippen molar-refractivity contribution in [2.45, 2.75) is 13.0 Å². The second kappa shape index (κ2) is 6.19. The Balaban J connectivity index is 2.16. The van der Waals surface area contributed by atoms with Crippen LogP contribution in [0.2, 0.25) is 0 Å². The Morgan fingerprint density at radius 3 is 2.44 bits per heavy atom. The largest absolute Gasteiger partial charge is 0.376 e. The van der Waals surface area contributed by atoms with Crippen molar-refractivity contribution in [1.29, 1.82) is 0 Å². The zero-order chi connectivity index (χ0) is 13.1. The molecule has 5 heteroatoms. The summed E-state index contributed by atoms with van der Waals surface area (Å²) in [6.07, 6.45) is 0. The number of rotatable bonds is 4. The normalized spacial score (nSPS) is 12.4. The molecule has 3 N–H and O–H groups in total. The second-order valence-corrected chi connectivity index (χ2v) is 7.33. The van der Waals surface area contributed by atoms with Crippen molar-refractivity contribution in [2.24, 2.45) is 5.73 Å². The fraction of sp³-hybridized carbons (Fsp3) is 0.231. The first-order valence-electron chi connectivity index (χ1n) is 5.58. The third kappa shape index (κ3) is 3.35. The number of nitrogens with two attached hydrogens (primary N) is 1. The van der Waals surface area contributed by atoms with E-state index in [0.717, 1.165) is 13.9 Å². The third-order valence-electron chi connectivity index (χ3n) is 2.64. The van der Waals surface area contributed by atoms with Crippen LogP contribution in [0.5, 0.6) is 0 Å². The molecule has 2 nitrogen and oxygen atoms in total. The average molecular weight is 390 g/mol. The molecule has 1 unspecified atom stereocenters. The zero-order valence-corrected chi connectivity index (χ0v) is 13.9. The molecule has 0 aliphatic rings. The van der Waals surface area contributed by atoms with Gasteiger partial charge in [0.15, 0.2) is 0 Å². The predicted molar refractivity (Wildman–Crippen MR) is 86.3 cm³/mol. The molecule has 0 aliphatic heterocycles. The molecular weight excluding hydrogens is 376 g/mol. The summed E-state index contributed by atoms with van der Waals surface area (Å²) in [6, 6.07) is 10.6. The van der Waals surface area contributed by atoms with Crippen molar-refractivity contribution < 1.29 is 0 Å². The van der Waals surface area contributed by atoms with Crippen LogP contribution in [-0.4, -0.2) is 6.54 Å². The van der Waals surface area contributed by atoms with E-state index in [0.29, 0.717) is 6.54 Å². The van der Waals surface area contributed by atoms with Crippen LogP contribution in [0, 0.1) is 6.92 Å². The highest BCUT2D eigenvalue weighted by atomic mass is 79.9. The predicted octanol–water partition coefficient (Wildman–Crippen LogP) is 4.69. The van der Waals surface area contributed by atoms with Crippen molar-refractivity contribution >= 4 is 48.9 Å². The van der Waals surface area contributed by atoms with Crippen molar-refractivity contribution in [1.82, 2.24) is 0 Å². The molecule has 0 bridgehead atoms. The van der Waals surface area contributed by atoms with Crippen LogP contribution in [0.4, 0.5) is 5.69 Å². The van der Waals surface area contributed by atoms with Gasteiger partial charge in [0, 0.05) is 21.6 Å². The zero-order valence-electron chi connectivity index (χ0n) is 9.91. The van der Waals surface area contributed by atoms with Crippen molar-refractivity contribution in [3.63, 3.8) is 0 Å². The molecule has 1 aromatic carbocycles. The molecule has 0 saturated carbocycles. The van der Waals surface area contributed by atoms with Gasteiger partial charge in [-0.05, 0) is 57.0 Å². The molecule has 96 valence electrons. The number of anilines is 1. The molecule has 0 fully saturated rings. The van der Waals surface area contributed by atoms with Gasteiger partial charge in [-0.3, -0.25) is 0 Å². The molecule has 1 atom stereocenters. The third-order valence-corrected chi connectivity index (χ3v) is 6.01. The number of hydrogen-bond donors (Lipinski definition) is 2. The minimum atomic E-state index is 0.139. The second-order valence-electron chi connectivity index (χ2n) is 4.07. The molecule has 0 spiro atoms. The smallest absolute Gasteiger partial charge is 0.0844 e. The number of benzene rings is 1. The Bertz CT molecular complexity index is 503. The Morgan fingerprint density at radius 1 is 1.28 bits per heavy atom. The summed E-state index contributed by atoms with van der Waals surface area (Å²) in [5, 5.41) is 3.46. The highest BCUT2D eigenvalue weighted by Crippen LogP contribution is 2.36. The average Bonchev–Trinajstić information content (AvgIpc) is 2.69. The van der Waals surface area contributed by atoms with E-state index in [1.54, 1.807) is 11.3 Å². The van der Waals surface area contributed by atoms with Crippen LogP contribution >= 0.6 is 43.2 Å². The first-order valence-corrected chi connectivity index (χ1v) is 7.98. The molecular formula is C13H14Br2N2S. The van der Waals surface area contributed by atoms with Gasteiger partial charge in [0.1, 0.15) is 0 Å². The Labute approximate surface area is 128 Å². The number of halogens is 2. The van der Waals surface area contributed by atoms with Gasteiger partial charge >= 0.3 is 0 Å². The van der Waals surface area contributed by atoms with Crippen LogP contribution in [0.25, 0.3) is 0 Å². The van der Waals surface area contributed by atoms with Crippen LogP contribution < -0.4 is 11.1 Å². The van der Waals surface area contributed by atoms with Gasteiger partial charge in [0.2, 0.25) is 0 Å². The van der Waals surface area contributed by atoms with Crippen molar-refractivity contribution in [3.05, 3.63) is 49.0 Å². The highest BCUT2D eigenvalue weighted by Gasteiger charge is 2.14. The summed E-state index contributed by atoms with van der Waals surface area (Å²) in [7, 11) is 0. The van der Waals surface area contributed by atoms with E-state index in [9.17, 15) is 0 Å². The van der Waals surface area contributed by atoms with Crippen LogP contribution in [0.3, 0.4) is 0 Å². The summed E-state index contributed by atoms with van der Waals surface area (Å²) < 4.78 is 2.17. The maximum absolute atomic E-state index is 5.86. The van der Waals surface area contributed by atoms with Gasteiger partial charge in [-0.15, -0.1) is 11.3 Å². The number of hydrogen-bond acceptors (Lipinski definition) is 3. The summed E-state index contributed by atoms with van der Waals surface area (Å²) in [4.78, 5) is 1.22. The lowest BCUT2D eigenvalue weighted by Crippen LogP contribution is -2.19. The van der Waals surface area contributed by atoms with Gasteiger partial charge in [-0.25, -0.2) is 0 Å². The molecule has 2 rings (SSSR count). The van der Waals surface area contributed by atoms with E-state index in [1.165, 1.54) is 10.4 Å². The fourth-order valence-corrected chi connectivity index (χ4v) is 3.79. The van der Waals surface area contributed by atoms with E-state index in [1.807, 2.05) is 0 Å². The van der Waals surface area contributed by atoms with Gasteiger partial charge < -0.3 is 11.1 Å². The molecule has 0 aliphatic carbocycles. The van der Waals surface area contributed by atoms with Gasteiger partial charge in [-0.2, -0.15) is 0 Å². The van der Waals surface area contributed by atoms with Gasteiger partial charge in [0.25, 0.3) is 0 Å². The van der Waals surface area contributed by atoms with E-state index in [2.05, 4.69) is 74.4 Å². The van der Waals surface area contributed by atoms with E-state index < -0.39 is 0 Å². The lowest BCUT2D eigenvalue weighted by atomic mass is 10.2. The maximum atomic E-state index is 5.86. The summed E-state index contributed by atoms with van der Waals surface area (Å²) in [6.45, 7) is 2.64. The first kappa shape index (κ1) is 14.1. The van der Waals surface area contributed by atoms with Gasteiger partial charge in [-0.1, -0.05) is 17.7 Å². The van der Waals surface area contributed by atoms with Crippen molar-refractivity contribution in [3.8, 4) is 0 Å². The number of aryl methyl sites for hydroxylation is 1. The fourth-order valence-electron chi connectivity index (χ4n) is 1.63. The van der Waals surface area contributed by atoms with E-state index in [-0.39, 0.29) is 6.04 Å². The molecule has 0 saturated heterocycles. The highest BCUT2D eigenvalue weighted by molar-refractivity contribution is 9.13. The standard InChI is InChI=1S/C13H14Br2N2S/c1-8-2-4-9(5-3-8)17-11(7-16)12-6-10(14)13(15)18-12/h2-6,11,17H,7,16H2,1H3. The minimum Gasteiger partial charge on any atom is -0.376 e. The van der Waals surface area contributed by atoms with Gasteiger partial charge in [0.05, 0.1) is 9.83 Å². The molecule has 18 heavy (non-hydrogen) atoms. The van der Waals surface area contributed by atoms with Crippen LogP contribution in [0.1, 0.15) is 16.5 Å². The Hall–Kier alpha value is -0.360. The maximum Gasteiger partial charge on any atom is 0.0844 e. The molecule has 1 aromatic heterocycles. The lowest BCUT2D eigenvalue weighted by Gasteiger charge is -2.16. The first-order chi connectivity index (χ1) is 8.60. The molecule has 0 radical (unpaired) electrons. The summed E-state index contributed by atoms with van der Waals surface area (Å²) in [5.41, 5.74) is 8.21. The monoisotopic (exact) mass is 388 g/mol. The number of nitrogens with one attached hydrogen (secondary N) is 1. The molecule has 2 aromatic rings. The lowest BCUT2D eigenvalue weighted by molar-refractivity contribution is 0.805. The number of thiophene rings is 1. The summed E-state index contributed by atoms with van der Waals surface area (Å²) >= 11 is 8.71. The van der Waals surface area contributed by atoms with Crippen LogP contribution in [-0.2, 0) is 0 Å². The van der Waals surface area contributed by atoms with Crippen LogP contribution in [0.15, 0.2) is 38.6 Å². The quantitative estimate of drug-likeness (QED) is 0.795. The van der Waals surface area contributed by atoms with E-state index in [4.69, 9.17) is 5.73 Å². The van der Waals surface area contributed by atoms with Crippen molar-refractivity contribution in [2.75, 3.05) is 11.9 Å². The minimum absolute atomic E-state index is 0.139. The Kier molecular flexibility index (Phi) is 4.84. The molecule has 0 amide bonds. The van der Waals surface area contributed by atoms with E-state index >= 15 is 0 Å². The summed E-state index contributed by atoms with van der Waals surface area (Å²) in [5.74, 6) is 0. The Morgan fingerprint density at radius 2 is 1.94 bits per heavy atom. The SMILES string of the molecule is Cc1ccc(NC(CN)c2cc(Br)c(Br)s2)cc1.